The van der Waals surface area contributed by atoms with Crippen molar-refractivity contribution in [2.75, 3.05) is 13.7 Å². The molecule has 2 aromatic carbocycles. The molecule has 1 atom stereocenters. The van der Waals surface area contributed by atoms with Crippen LogP contribution in [0.2, 0.25) is 0 Å². The van der Waals surface area contributed by atoms with Gasteiger partial charge in [0.05, 0.1) is 13.2 Å². The van der Waals surface area contributed by atoms with Crippen LogP contribution in [-0.4, -0.2) is 24.6 Å². The van der Waals surface area contributed by atoms with Crippen molar-refractivity contribution < 1.29 is 14.3 Å². The third-order valence-corrected chi connectivity index (χ3v) is 4.38. The molecule has 0 bridgehead atoms. The minimum absolute atomic E-state index is 0.117. The number of methoxy groups -OCH3 is 1. The predicted molar refractivity (Wildman–Crippen MR) is 114 cm³/mol. The van der Waals surface area contributed by atoms with Crippen molar-refractivity contribution in [2.24, 2.45) is 0 Å². The molecule has 0 aliphatic rings. The lowest BCUT2D eigenvalue weighted by atomic mass is 10.00. The highest BCUT2D eigenvalue weighted by atomic mass is 16.5. The standard InChI is InChI=1S/C24H24N2O3/c1-3-7-18-10-11-21(22(16-18)28-2)29-17-23(27)26-24(19-8-5-4-6-9-19)20-12-14-25-15-13-20/h3-16,24H,17H2,1-2H3,(H,26,27). The number of pyridine rings is 1. The van der Waals surface area contributed by atoms with Crippen molar-refractivity contribution in [2.45, 2.75) is 13.0 Å². The van der Waals surface area contributed by atoms with Crippen LogP contribution in [0.25, 0.3) is 6.08 Å². The zero-order valence-electron chi connectivity index (χ0n) is 16.5. The van der Waals surface area contributed by atoms with E-state index in [-0.39, 0.29) is 18.6 Å². The highest BCUT2D eigenvalue weighted by molar-refractivity contribution is 5.78. The molecule has 3 rings (SSSR count). The third kappa shape index (κ3) is 5.45. The normalized spacial score (nSPS) is 11.8. The highest BCUT2D eigenvalue weighted by Gasteiger charge is 2.17. The summed E-state index contributed by atoms with van der Waals surface area (Å²) in [4.78, 5) is 16.7. The van der Waals surface area contributed by atoms with Crippen molar-refractivity contribution in [1.82, 2.24) is 10.3 Å². The number of nitrogens with zero attached hydrogens (tertiary/aromatic N) is 1. The first-order valence-electron chi connectivity index (χ1n) is 9.39. The van der Waals surface area contributed by atoms with Crippen LogP contribution in [-0.2, 0) is 4.79 Å². The number of amides is 1. The van der Waals surface area contributed by atoms with E-state index < -0.39 is 0 Å². The molecule has 5 nitrogen and oxygen atoms in total. The number of ether oxygens (including phenoxy) is 2. The van der Waals surface area contributed by atoms with Crippen LogP contribution < -0.4 is 14.8 Å². The Morgan fingerprint density at radius 2 is 1.76 bits per heavy atom. The van der Waals surface area contributed by atoms with Gasteiger partial charge in [-0.25, -0.2) is 0 Å². The minimum Gasteiger partial charge on any atom is -0.493 e. The number of allylic oxidation sites excluding steroid dienone is 1. The van der Waals surface area contributed by atoms with Crippen LogP contribution in [0.1, 0.15) is 29.7 Å². The Morgan fingerprint density at radius 1 is 1.03 bits per heavy atom. The van der Waals surface area contributed by atoms with Gasteiger partial charge in [-0.2, -0.15) is 0 Å². The van der Waals surface area contributed by atoms with Gasteiger partial charge in [0.1, 0.15) is 0 Å². The first-order valence-corrected chi connectivity index (χ1v) is 9.39. The Balaban J connectivity index is 1.71. The summed E-state index contributed by atoms with van der Waals surface area (Å²) in [6.45, 7) is 1.83. The van der Waals surface area contributed by atoms with Gasteiger partial charge in [0.15, 0.2) is 18.1 Å². The number of carbonyl (C=O) groups excluding carboxylic acids is 1. The van der Waals surface area contributed by atoms with Gasteiger partial charge in [-0.05, 0) is 47.9 Å². The lowest BCUT2D eigenvalue weighted by molar-refractivity contribution is -0.123. The van der Waals surface area contributed by atoms with Gasteiger partial charge in [0.25, 0.3) is 5.91 Å². The van der Waals surface area contributed by atoms with Crippen molar-refractivity contribution in [3.8, 4) is 11.5 Å². The van der Waals surface area contributed by atoms with E-state index in [1.807, 2.05) is 73.7 Å². The summed E-state index contributed by atoms with van der Waals surface area (Å²) in [6, 6.07) is 18.9. The van der Waals surface area contributed by atoms with Gasteiger partial charge in [0.2, 0.25) is 0 Å². The Hall–Kier alpha value is -3.60. The molecule has 0 aliphatic carbocycles. The van der Waals surface area contributed by atoms with Gasteiger partial charge in [-0.1, -0.05) is 48.6 Å². The molecular weight excluding hydrogens is 364 g/mol. The summed E-state index contributed by atoms with van der Waals surface area (Å²) >= 11 is 0. The molecule has 1 aromatic heterocycles. The molecule has 1 amide bonds. The molecule has 0 spiro atoms. The molecule has 1 unspecified atom stereocenters. The zero-order valence-corrected chi connectivity index (χ0v) is 16.5. The maximum Gasteiger partial charge on any atom is 0.258 e. The average Bonchev–Trinajstić information content (AvgIpc) is 2.78. The Kier molecular flexibility index (Phi) is 7.00. The molecule has 0 fully saturated rings. The Labute approximate surface area is 171 Å². The van der Waals surface area contributed by atoms with Crippen LogP contribution in [0.5, 0.6) is 11.5 Å². The van der Waals surface area contributed by atoms with E-state index in [9.17, 15) is 4.79 Å². The molecule has 5 heteroatoms. The fourth-order valence-electron chi connectivity index (χ4n) is 3.01. The Bertz CT molecular complexity index is 917. The predicted octanol–water partition coefficient (Wildman–Crippen LogP) is 4.41. The topological polar surface area (TPSA) is 60.5 Å². The summed E-state index contributed by atoms with van der Waals surface area (Å²) in [6.07, 6.45) is 7.35. The lowest BCUT2D eigenvalue weighted by Crippen LogP contribution is -2.33. The maximum atomic E-state index is 12.6. The van der Waals surface area contributed by atoms with Crippen LogP contribution >= 0.6 is 0 Å². The van der Waals surface area contributed by atoms with Crippen LogP contribution in [0.3, 0.4) is 0 Å². The number of carbonyl (C=O) groups is 1. The third-order valence-electron chi connectivity index (χ3n) is 4.38. The molecule has 1 heterocycles. The van der Waals surface area contributed by atoms with E-state index in [1.54, 1.807) is 25.6 Å². The molecular formula is C24H24N2O3. The Morgan fingerprint density at radius 3 is 2.45 bits per heavy atom. The number of aromatic nitrogens is 1. The largest absolute Gasteiger partial charge is 0.493 e. The van der Waals surface area contributed by atoms with Gasteiger partial charge in [0, 0.05) is 12.4 Å². The van der Waals surface area contributed by atoms with Crippen molar-refractivity contribution >= 4 is 12.0 Å². The van der Waals surface area contributed by atoms with E-state index in [2.05, 4.69) is 10.3 Å². The van der Waals surface area contributed by atoms with Crippen molar-refractivity contribution in [3.05, 3.63) is 95.8 Å². The highest BCUT2D eigenvalue weighted by Crippen LogP contribution is 2.28. The summed E-state index contributed by atoms with van der Waals surface area (Å²) in [5, 5.41) is 3.05. The molecule has 0 radical (unpaired) electrons. The summed E-state index contributed by atoms with van der Waals surface area (Å²) in [7, 11) is 1.58. The van der Waals surface area contributed by atoms with E-state index in [0.29, 0.717) is 11.5 Å². The number of hydrogen-bond donors (Lipinski definition) is 1. The summed E-state index contributed by atoms with van der Waals surface area (Å²) < 4.78 is 11.1. The minimum atomic E-state index is -0.283. The zero-order chi connectivity index (χ0) is 20.5. The number of nitrogens with one attached hydrogen (secondary N) is 1. The van der Waals surface area contributed by atoms with E-state index >= 15 is 0 Å². The van der Waals surface area contributed by atoms with Gasteiger partial charge in [-0.3, -0.25) is 9.78 Å². The van der Waals surface area contributed by atoms with E-state index in [1.165, 1.54) is 0 Å². The van der Waals surface area contributed by atoms with Crippen LogP contribution in [0.4, 0.5) is 0 Å². The molecule has 0 saturated carbocycles. The quantitative estimate of drug-likeness (QED) is 0.621. The SMILES string of the molecule is CC=Cc1ccc(OCC(=O)NC(c2ccccc2)c2ccncc2)c(OC)c1. The molecule has 0 aliphatic heterocycles. The second-order valence-electron chi connectivity index (χ2n) is 6.39. The fraction of sp³-hybridized carbons (Fsp3) is 0.167. The van der Waals surface area contributed by atoms with E-state index in [4.69, 9.17) is 9.47 Å². The second kappa shape index (κ2) is 10.1. The number of hydrogen-bond acceptors (Lipinski definition) is 4. The summed E-state index contributed by atoms with van der Waals surface area (Å²) in [5.41, 5.74) is 2.94. The molecule has 0 saturated heterocycles. The fourth-order valence-corrected chi connectivity index (χ4v) is 3.01. The molecule has 29 heavy (non-hydrogen) atoms. The van der Waals surface area contributed by atoms with Crippen molar-refractivity contribution in [1.29, 1.82) is 0 Å². The smallest absolute Gasteiger partial charge is 0.258 e. The number of rotatable bonds is 8. The monoisotopic (exact) mass is 388 g/mol. The molecule has 1 N–H and O–H groups in total. The number of benzene rings is 2. The second-order valence-corrected chi connectivity index (χ2v) is 6.39. The summed E-state index contributed by atoms with van der Waals surface area (Å²) in [5.74, 6) is 0.883. The van der Waals surface area contributed by atoms with Crippen LogP contribution in [0.15, 0.2) is 79.1 Å². The molecule has 148 valence electrons. The van der Waals surface area contributed by atoms with Crippen LogP contribution in [0, 0.1) is 0 Å². The lowest BCUT2D eigenvalue weighted by Gasteiger charge is -2.20. The van der Waals surface area contributed by atoms with Gasteiger partial charge < -0.3 is 14.8 Å². The first-order chi connectivity index (χ1) is 14.2. The van der Waals surface area contributed by atoms with Gasteiger partial charge >= 0.3 is 0 Å². The molecule has 3 aromatic rings. The van der Waals surface area contributed by atoms with Crippen molar-refractivity contribution in [3.63, 3.8) is 0 Å². The van der Waals surface area contributed by atoms with E-state index in [0.717, 1.165) is 16.7 Å². The average molecular weight is 388 g/mol. The van der Waals surface area contributed by atoms with Gasteiger partial charge in [-0.15, -0.1) is 0 Å². The first kappa shape index (κ1) is 20.1. The maximum absolute atomic E-state index is 12.6.